The minimum atomic E-state index is -0.305. The monoisotopic (exact) mass is 365 g/mol. The smallest absolute Gasteiger partial charge is 0.409 e. The number of rotatable bonds is 7. The Hall–Kier alpha value is -2.51. The highest BCUT2D eigenvalue weighted by molar-refractivity contribution is 5.83. The van der Waals surface area contributed by atoms with Crippen LogP contribution in [0.25, 0.3) is 0 Å². The zero-order valence-corrected chi connectivity index (χ0v) is 15.4. The second kappa shape index (κ2) is 9.84. The van der Waals surface area contributed by atoms with Crippen LogP contribution in [0.4, 0.5) is 4.79 Å². The van der Waals surface area contributed by atoms with Gasteiger partial charge in [-0.1, -0.05) is 0 Å². The van der Waals surface area contributed by atoms with E-state index in [2.05, 4.69) is 10.6 Å². The molecule has 0 unspecified atom stereocenters. The van der Waals surface area contributed by atoms with Crippen LogP contribution in [0.2, 0.25) is 0 Å². The first-order valence-electron chi connectivity index (χ1n) is 9.01. The van der Waals surface area contributed by atoms with Crippen molar-refractivity contribution in [1.29, 1.82) is 0 Å². The molecule has 0 radical (unpaired) electrons. The fraction of sp³-hybridized carbons (Fsp3) is 0.611. The van der Waals surface area contributed by atoms with Crippen molar-refractivity contribution >= 4 is 17.9 Å². The van der Waals surface area contributed by atoms with Gasteiger partial charge in [0.25, 0.3) is 0 Å². The molecule has 1 fully saturated rings. The van der Waals surface area contributed by atoms with E-state index in [9.17, 15) is 14.4 Å². The van der Waals surface area contributed by atoms with Gasteiger partial charge in [0.05, 0.1) is 13.2 Å². The lowest BCUT2D eigenvalue weighted by Crippen LogP contribution is -2.46. The Morgan fingerprint density at radius 1 is 1.19 bits per heavy atom. The van der Waals surface area contributed by atoms with E-state index in [-0.39, 0.29) is 36.8 Å². The first kappa shape index (κ1) is 19.8. The molecule has 144 valence electrons. The molecule has 0 aromatic carbocycles. The number of nitrogens with one attached hydrogen (secondary N) is 2. The summed E-state index contributed by atoms with van der Waals surface area (Å²) in [5, 5.41) is 5.66. The first-order chi connectivity index (χ1) is 12.5. The Bertz CT molecular complexity index is 620. The Morgan fingerprint density at radius 2 is 1.88 bits per heavy atom. The van der Waals surface area contributed by atoms with Crippen molar-refractivity contribution < 1.29 is 23.5 Å². The van der Waals surface area contributed by atoms with Crippen molar-refractivity contribution in [3.63, 3.8) is 0 Å². The van der Waals surface area contributed by atoms with E-state index in [1.807, 2.05) is 19.1 Å². The van der Waals surface area contributed by atoms with Crippen LogP contribution < -0.4 is 10.6 Å². The zero-order valence-electron chi connectivity index (χ0n) is 15.4. The maximum atomic E-state index is 12.0. The average molecular weight is 365 g/mol. The minimum Gasteiger partial charge on any atom is -0.465 e. The number of carbonyl (C=O) groups is 3. The van der Waals surface area contributed by atoms with E-state index in [0.29, 0.717) is 44.8 Å². The highest BCUT2D eigenvalue weighted by Gasteiger charge is 2.24. The van der Waals surface area contributed by atoms with Crippen LogP contribution in [-0.2, 0) is 20.9 Å². The summed E-state index contributed by atoms with van der Waals surface area (Å²) in [6, 6.07) is 3.68. The van der Waals surface area contributed by atoms with Crippen LogP contribution in [0, 0.1) is 6.92 Å². The van der Waals surface area contributed by atoms with E-state index in [4.69, 9.17) is 9.15 Å². The number of piperidine rings is 1. The summed E-state index contributed by atoms with van der Waals surface area (Å²) in [4.78, 5) is 37.1. The molecule has 0 atom stereocenters. The van der Waals surface area contributed by atoms with Crippen molar-refractivity contribution in [3.8, 4) is 0 Å². The Labute approximate surface area is 153 Å². The van der Waals surface area contributed by atoms with Gasteiger partial charge in [-0.15, -0.1) is 0 Å². The Balaban J connectivity index is 1.60. The summed E-state index contributed by atoms with van der Waals surface area (Å²) in [6.07, 6.45) is 1.35. The summed E-state index contributed by atoms with van der Waals surface area (Å²) in [7, 11) is 0. The molecule has 1 aliphatic rings. The number of nitrogens with zero attached hydrogens (tertiary/aromatic N) is 1. The molecule has 1 saturated heterocycles. The second-order valence-electron chi connectivity index (χ2n) is 6.32. The minimum absolute atomic E-state index is 0.0299. The predicted octanol–water partition coefficient (Wildman–Crippen LogP) is 1.72. The molecule has 2 heterocycles. The largest absolute Gasteiger partial charge is 0.465 e. The van der Waals surface area contributed by atoms with Crippen LogP contribution in [0.1, 0.15) is 44.1 Å². The van der Waals surface area contributed by atoms with Crippen LogP contribution in [0.5, 0.6) is 0 Å². The Kier molecular flexibility index (Phi) is 7.50. The van der Waals surface area contributed by atoms with Gasteiger partial charge in [0.15, 0.2) is 0 Å². The SMILES string of the molecule is CCOC(=O)N1CCC(NC(=O)CCC(=O)NCc2ccc(C)o2)CC1. The van der Waals surface area contributed by atoms with Gasteiger partial charge in [0.1, 0.15) is 11.5 Å². The molecule has 26 heavy (non-hydrogen) atoms. The number of furan rings is 1. The molecule has 8 nitrogen and oxygen atoms in total. The van der Waals surface area contributed by atoms with Crippen molar-refractivity contribution in [2.75, 3.05) is 19.7 Å². The molecule has 0 aliphatic carbocycles. The van der Waals surface area contributed by atoms with Crippen molar-refractivity contribution in [1.82, 2.24) is 15.5 Å². The number of aryl methyl sites for hydroxylation is 1. The maximum Gasteiger partial charge on any atom is 0.409 e. The molecule has 3 amide bonds. The topological polar surface area (TPSA) is 101 Å². The van der Waals surface area contributed by atoms with Crippen LogP contribution in [0.15, 0.2) is 16.5 Å². The molecule has 0 spiro atoms. The summed E-state index contributed by atoms with van der Waals surface area (Å²) < 4.78 is 10.3. The molecule has 0 bridgehead atoms. The number of hydrogen-bond donors (Lipinski definition) is 2. The molecule has 1 aromatic heterocycles. The molecular weight excluding hydrogens is 338 g/mol. The van der Waals surface area contributed by atoms with Gasteiger partial charge in [-0.2, -0.15) is 0 Å². The molecule has 2 N–H and O–H groups in total. The van der Waals surface area contributed by atoms with Gasteiger partial charge >= 0.3 is 6.09 Å². The standard InChI is InChI=1S/C18H27N3O5/c1-3-25-18(24)21-10-8-14(9-11-21)20-17(23)7-6-16(22)19-12-15-5-4-13(2)26-15/h4-5,14H,3,6-12H2,1-2H3,(H,19,22)(H,20,23). The number of likely N-dealkylation sites (tertiary alicyclic amines) is 1. The fourth-order valence-electron chi connectivity index (χ4n) is 2.80. The normalized spacial score (nSPS) is 14.8. The molecule has 1 aliphatic heterocycles. The van der Waals surface area contributed by atoms with Crippen LogP contribution in [0.3, 0.4) is 0 Å². The highest BCUT2D eigenvalue weighted by Crippen LogP contribution is 2.12. The third-order valence-electron chi connectivity index (χ3n) is 4.22. The van der Waals surface area contributed by atoms with Gasteiger partial charge in [0, 0.05) is 32.0 Å². The second-order valence-corrected chi connectivity index (χ2v) is 6.32. The van der Waals surface area contributed by atoms with Crippen molar-refractivity contribution in [3.05, 3.63) is 23.7 Å². The lowest BCUT2D eigenvalue weighted by molar-refractivity contribution is -0.127. The third-order valence-corrected chi connectivity index (χ3v) is 4.22. The molecule has 2 rings (SSSR count). The van der Waals surface area contributed by atoms with Gasteiger partial charge in [0.2, 0.25) is 11.8 Å². The summed E-state index contributed by atoms with van der Waals surface area (Å²) >= 11 is 0. The third kappa shape index (κ3) is 6.42. The van der Waals surface area contributed by atoms with Gasteiger partial charge in [-0.05, 0) is 38.8 Å². The lowest BCUT2D eigenvalue weighted by atomic mass is 10.1. The fourth-order valence-corrected chi connectivity index (χ4v) is 2.80. The van der Waals surface area contributed by atoms with Gasteiger partial charge in [-0.3, -0.25) is 9.59 Å². The summed E-state index contributed by atoms with van der Waals surface area (Å²) in [6.45, 7) is 5.42. The number of carbonyl (C=O) groups excluding carboxylic acids is 3. The van der Waals surface area contributed by atoms with E-state index < -0.39 is 0 Å². The van der Waals surface area contributed by atoms with E-state index in [1.165, 1.54) is 0 Å². The predicted molar refractivity (Wildman–Crippen MR) is 94.3 cm³/mol. The van der Waals surface area contributed by atoms with Crippen LogP contribution >= 0.6 is 0 Å². The molecular formula is C18H27N3O5. The maximum absolute atomic E-state index is 12.0. The molecule has 8 heteroatoms. The number of ether oxygens (including phenoxy) is 1. The molecule has 0 saturated carbocycles. The van der Waals surface area contributed by atoms with Gasteiger partial charge < -0.3 is 24.7 Å². The van der Waals surface area contributed by atoms with E-state index in [1.54, 1.807) is 11.8 Å². The summed E-state index contributed by atoms with van der Waals surface area (Å²) in [5.74, 6) is 1.14. The van der Waals surface area contributed by atoms with Crippen molar-refractivity contribution in [2.45, 2.75) is 52.1 Å². The summed E-state index contributed by atoms with van der Waals surface area (Å²) in [5.41, 5.74) is 0. The quantitative estimate of drug-likeness (QED) is 0.766. The zero-order chi connectivity index (χ0) is 18.9. The van der Waals surface area contributed by atoms with Gasteiger partial charge in [-0.25, -0.2) is 4.79 Å². The van der Waals surface area contributed by atoms with Crippen LogP contribution in [-0.4, -0.2) is 48.5 Å². The first-order valence-corrected chi connectivity index (χ1v) is 9.01. The average Bonchev–Trinajstić information content (AvgIpc) is 3.04. The lowest BCUT2D eigenvalue weighted by Gasteiger charge is -2.31. The Morgan fingerprint density at radius 3 is 2.50 bits per heavy atom. The number of amides is 3. The molecule has 1 aromatic rings. The highest BCUT2D eigenvalue weighted by atomic mass is 16.6. The number of hydrogen-bond acceptors (Lipinski definition) is 5. The van der Waals surface area contributed by atoms with Crippen molar-refractivity contribution in [2.24, 2.45) is 0 Å². The van der Waals surface area contributed by atoms with E-state index >= 15 is 0 Å². The van der Waals surface area contributed by atoms with E-state index in [0.717, 1.165) is 5.76 Å².